The average Bonchev–Trinajstić information content (AvgIpc) is 1.81. The minimum absolute atomic E-state index is 1.86. The minimum atomic E-state index is -3.47. The summed E-state index contributed by atoms with van der Waals surface area (Å²) in [6.45, 7) is 0. The molecule has 0 rings (SSSR count). The van der Waals surface area contributed by atoms with Gasteiger partial charge in [-0.05, 0) is 4.57 Å². The molecule has 0 aromatic rings. The Morgan fingerprint density at radius 2 is 1.73 bits per heavy atom. The monoisotopic (exact) mass is 182 g/mol. The van der Waals surface area contributed by atoms with E-state index in [0.717, 1.165) is 0 Å². The lowest BCUT2D eigenvalue weighted by atomic mass is 10.4. The molecule has 8 heteroatoms. The van der Waals surface area contributed by atoms with E-state index in [0.29, 0.717) is 0 Å². The summed E-state index contributed by atoms with van der Waals surface area (Å²) in [5, 5.41) is 16.0. The van der Waals surface area contributed by atoms with E-state index in [2.05, 4.69) is 4.52 Å². The first-order valence-corrected chi connectivity index (χ1v) is 3.31. The second-order valence-corrected chi connectivity index (χ2v) is 2.04. The van der Waals surface area contributed by atoms with E-state index >= 15 is 0 Å². The molecule has 1 atom stereocenters. The van der Waals surface area contributed by atoms with Crippen molar-refractivity contribution in [2.75, 3.05) is 0 Å². The first-order valence-electron chi connectivity index (χ1n) is 2.22. The van der Waals surface area contributed by atoms with Crippen molar-refractivity contribution in [2.24, 2.45) is 0 Å². The maximum Gasteiger partial charge on any atom is 0.489 e. The molecule has 62 valence electrons. The molecular weight excluding hydrogens is 179 g/mol. The molecule has 0 fully saturated rings. The summed E-state index contributed by atoms with van der Waals surface area (Å²) in [7, 11) is -3.47. The van der Waals surface area contributed by atoms with Crippen molar-refractivity contribution in [3.05, 3.63) is 0 Å². The molecule has 0 saturated heterocycles. The maximum atomic E-state index is 9.90. The van der Waals surface area contributed by atoms with Crippen LogP contribution in [-0.4, -0.2) is 28.3 Å². The summed E-state index contributed by atoms with van der Waals surface area (Å²) in [5.41, 5.74) is 0. The fourth-order valence-corrected chi connectivity index (χ4v) is 0.634. The van der Waals surface area contributed by atoms with E-state index < -0.39 is 26.3 Å². The zero-order valence-corrected chi connectivity index (χ0v) is 5.85. The third kappa shape index (κ3) is 3.61. The Balaban J connectivity index is 4.23. The van der Waals surface area contributed by atoms with Gasteiger partial charge in [-0.3, -0.25) is 0 Å². The van der Waals surface area contributed by atoms with E-state index in [1.165, 1.54) is 0 Å². The van der Waals surface area contributed by atoms with Crippen molar-refractivity contribution in [1.29, 1.82) is 0 Å². The Morgan fingerprint density at radius 1 is 1.36 bits per heavy atom. The van der Waals surface area contributed by atoms with Gasteiger partial charge in [-0.25, -0.2) is 9.59 Å². The predicted molar refractivity (Wildman–Crippen MR) is 27.8 cm³/mol. The van der Waals surface area contributed by atoms with Crippen LogP contribution in [0.25, 0.3) is 0 Å². The van der Waals surface area contributed by atoms with Crippen molar-refractivity contribution in [3.63, 3.8) is 0 Å². The molecule has 0 aliphatic rings. The number of carboxylic acid groups (broad SMARTS) is 2. The smallest absolute Gasteiger partial charge is 0.489 e. The number of rotatable bonds is 4. The number of aliphatic carboxylic acids is 2. The predicted octanol–water partition coefficient (Wildman–Crippen LogP) is -1.44. The van der Waals surface area contributed by atoms with Gasteiger partial charge in [0.25, 0.3) is 0 Å². The summed E-state index contributed by atoms with van der Waals surface area (Å²) < 4.78 is 13.2. The van der Waals surface area contributed by atoms with Crippen LogP contribution in [0.1, 0.15) is 0 Å². The Labute approximate surface area is 61.2 Å². The fourth-order valence-electron chi connectivity index (χ4n) is 0.282. The Bertz CT molecular complexity index is 184. The van der Waals surface area contributed by atoms with Crippen molar-refractivity contribution in [1.82, 2.24) is 0 Å². The molecule has 0 spiro atoms. The van der Waals surface area contributed by atoms with E-state index in [1.54, 1.807) is 0 Å². The summed E-state index contributed by atoms with van der Waals surface area (Å²) in [6, 6.07) is 0. The largest absolute Gasteiger partial charge is 0.566 e. The Hall–Kier alpha value is -1.04. The molecular formula is C3H3O7P. The highest BCUT2D eigenvalue weighted by Gasteiger charge is 2.32. The zero-order chi connectivity index (χ0) is 9.02. The normalized spacial score (nSPS) is 11.3. The Kier molecular flexibility index (Phi) is 3.59. The van der Waals surface area contributed by atoms with Gasteiger partial charge in [0.1, 0.15) is 0 Å². The molecule has 0 bridgehead atoms. The third-order valence-corrected chi connectivity index (χ3v) is 1.02. The van der Waals surface area contributed by atoms with Crippen LogP contribution >= 0.6 is 8.25 Å². The summed E-state index contributed by atoms with van der Waals surface area (Å²) in [4.78, 5) is 29.5. The molecule has 0 aromatic carbocycles. The molecule has 0 radical (unpaired) electrons. The van der Waals surface area contributed by atoms with Crippen LogP contribution in [0.3, 0.4) is 0 Å². The van der Waals surface area contributed by atoms with Gasteiger partial charge in [0.05, 0.1) is 0 Å². The number of carbonyl (C=O) groups is 2. The van der Waals surface area contributed by atoms with Gasteiger partial charge in [-0.15, -0.1) is 4.52 Å². The van der Waals surface area contributed by atoms with Crippen LogP contribution in [0.15, 0.2) is 0 Å². The third-order valence-electron chi connectivity index (χ3n) is 0.640. The van der Waals surface area contributed by atoms with Crippen LogP contribution in [0, 0.1) is 0 Å². The van der Waals surface area contributed by atoms with E-state index in [9.17, 15) is 19.0 Å². The molecule has 0 aliphatic carbocycles. The molecule has 1 unspecified atom stereocenters. The summed E-state index contributed by atoms with van der Waals surface area (Å²) in [6.07, 6.45) is -2.35. The topological polar surface area (TPSA) is 124 Å². The first-order chi connectivity index (χ1) is 4.95. The highest BCUT2D eigenvalue weighted by atomic mass is 31.1. The van der Waals surface area contributed by atoms with E-state index in [4.69, 9.17) is 10.2 Å². The second kappa shape index (κ2) is 3.97. The Morgan fingerprint density at radius 3 is 1.82 bits per heavy atom. The van der Waals surface area contributed by atoms with Crippen LogP contribution in [-0.2, 0) is 18.7 Å². The van der Waals surface area contributed by atoms with Gasteiger partial charge in [0.15, 0.2) is 0 Å². The van der Waals surface area contributed by atoms with Gasteiger partial charge < -0.3 is 15.1 Å². The molecule has 0 heterocycles. The molecule has 0 saturated carbocycles. The summed E-state index contributed by atoms with van der Waals surface area (Å²) in [5.74, 6) is -3.73. The van der Waals surface area contributed by atoms with Gasteiger partial charge in [-0.1, -0.05) is 0 Å². The first kappa shape index (κ1) is 9.96. The fraction of sp³-hybridized carbons (Fsp3) is 0.333. The lowest BCUT2D eigenvalue weighted by molar-refractivity contribution is -0.196. The second-order valence-electron chi connectivity index (χ2n) is 1.39. The van der Waals surface area contributed by atoms with Gasteiger partial charge in [-0.2, -0.15) is 0 Å². The quantitative estimate of drug-likeness (QED) is 0.402. The van der Waals surface area contributed by atoms with E-state index in [1.807, 2.05) is 0 Å². The van der Waals surface area contributed by atoms with Crippen molar-refractivity contribution in [3.8, 4) is 0 Å². The van der Waals surface area contributed by atoms with Crippen molar-refractivity contribution >= 4 is 20.2 Å². The molecule has 7 nitrogen and oxygen atoms in total. The van der Waals surface area contributed by atoms with Gasteiger partial charge in [0, 0.05) is 0 Å². The average molecular weight is 182 g/mol. The minimum Gasteiger partial charge on any atom is -0.566 e. The number of hydrogen-bond acceptors (Lipinski definition) is 5. The molecule has 11 heavy (non-hydrogen) atoms. The maximum absolute atomic E-state index is 9.90. The molecule has 0 aliphatic heterocycles. The molecule has 2 N–H and O–H groups in total. The summed E-state index contributed by atoms with van der Waals surface area (Å²) >= 11 is 0. The zero-order valence-electron chi connectivity index (χ0n) is 4.96. The molecule has 0 aromatic heterocycles. The van der Waals surface area contributed by atoms with Crippen molar-refractivity contribution in [2.45, 2.75) is 6.10 Å². The van der Waals surface area contributed by atoms with E-state index in [-0.39, 0.29) is 0 Å². The van der Waals surface area contributed by atoms with Gasteiger partial charge >= 0.3 is 26.3 Å². The highest BCUT2D eigenvalue weighted by Crippen LogP contribution is 2.13. The van der Waals surface area contributed by atoms with Crippen LogP contribution in [0.5, 0.6) is 0 Å². The van der Waals surface area contributed by atoms with Crippen LogP contribution in [0.4, 0.5) is 0 Å². The lowest BCUT2D eigenvalue weighted by Gasteiger charge is -1.98. The van der Waals surface area contributed by atoms with Crippen LogP contribution in [0.2, 0.25) is 0 Å². The number of carboxylic acids is 2. The standard InChI is InChI=1S/C3H3O7P/c4-2(5)1(3(6)7)10-11(8)9/h1H,(H,4,5)(H,6,7). The van der Waals surface area contributed by atoms with Crippen molar-refractivity contribution < 1.29 is 33.8 Å². The lowest BCUT2D eigenvalue weighted by Crippen LogP contribution is -2.31. The van der Waals surface area contributed by atoms with Gasteiger partial charge in [0.2, 0.25) is 0 Å². The highest BCUT2D eigenvalue weighted by molar-refractivity contribution is 7.30. The number of hydrogen-bond donors (Lipinski definition) is 2. The van der Waals surface area contributed by atoms with Crippen LogP contribution < -0.4 is 4.89 Å². The SMILES string of the molecule is O=C(O)C(O[P+](=O)[O-])C(=O)O. The molecule has 0 amide bonds.